The van der Waals surface area contributed by atoms with Crippen molar-refractivity contribution in [3.05, 3.63) is 77.9 Å². The van der Waals surface area contributed by atoms with E-state index in [2.05, 4.69) is 0 Å². The van der Waals surface area contributed by atoms with Crippen molar-refractivity contribution in [3.8, 4) is 0 Å². The molecule has 0 spiro atoms. The molecule has 2 unspecified atom stereocenters. The minimum absolute atomic E-state index is 0.0319. The van der Waals surface area contributed by atoms with Gasteiger partial charge in [-0.2, -0.15) is 0 Å². The lowest BCUT2D eigenvalue weighted by atomic mass is 10.1. The molecule has 0 radical (unpaired) electrons. The Morgan fingerprint density at radius 1 is 0.920 bits per heavy atom. The van der Waals surface area contributed by atoms with E-state index in [4.69, 9.17) is 14.2 Å². The van der Waals surface area contributed by atoms with Crippen molar-refractivity contribution in [2.75, 3.05) is 26.4 Å². The SMILES string of the molecule is C(OCC1CO1)C1CO1.O=C(C=Cc1ccccc1)c1ccccc1. The van der Waals surface area contributed by atoms with Crippen molar-refractivity contribution in [2.24, 2.45) is 0 Å². The van der Waals surface area contributed by atoms with Gasteiger partial charge in [0.2, 0.25) is 0 Å². The van der Waals surface area contributed by atoms with Crippen LogP contribution in [-0.4, -0.2) is 44.4 Å². The van der Waals surface area contributed by atoms with Gasteiger partial charge in [0.05, 0.1) is 26.4 Å². The van der Waals surface area contributed by atoms with Crippen LogP contribution in [-0.2, 0) is 14.2 Å². The summed E-state index contributed by atoms with van der Waals surface area (Å²) < 4.78 is 15.1. The molecule has 2 aliphatic heterocycles. The van der Waals surface area contributed by atoms with Crippen LogP contribution in [0.4, 0.5) is 0 Å². The van der Waals surface area contributed by atoms with E-state index in [1.54, 1.807) is 6.08 Å². The minimum Gasteiger partial charge on any atom is -0.376 e. The zero-order valence-corrected chi connectivity index (χ0v) is 14.0. The zero-order valence-electron chi connectivity index (χ0n) is 14.0. The monoisotopic (exact) mass is 338 g/mol. The molecule has 25 heavy (non-hydrogen) atoms. The van der Waals surface area contributed by atoms with Crippen LogP contribution in [0.25, 0.3) is 6.08 Å². The molecule has 2 fully saturated rings. The molecule has 0 saturated carbocycles. The summed E-state index contributed by atoms with van der Waals surface area (Å²) in [4.78, 5) is 11.7. The van der Waals surface area contributed by atoms with E-state index >= 15 is 0 Å². The van der Waals surface area contributed by atoms with Crippen molar-refractivity contribution in [2.45, 2.75) is 12.2 Å². The van der Waals surface area contributed by atoms with E-state index in [1.807, 2.05) is 66.7 Å². The summed E-state index contributed by atoms with van der Waals surface area (Å²) in [5, 5.41) is 0. The first-order valence-corrected chi connectivity index (χ1v) is 8.45. The molecule has 0 N–H and O–H groups in total. The van der Waals surface area contributed by atoms with Crippen LogP contribution in [0.1, 0.15) is 15.9 Å². The summed E-state index contributed by atoms with van der Waals surface area (Å²) in [6.45, 7) is 3.26. The van der Waals surface area contributed by atoms with Crippen LogP contribution < -0.4 is 0 Å². The van der Waals surface area contributed by atoms with E-state index in [1.165, 1.54) is 0 Å². The van der Waals surface area contributed by atoms with Gasteiger partial charge >= 0.3 is 0 Å². The van der Waals surface area contributed by atoms with Gasteiger partial charge < -0.3 is 14.2 Å². The summed E-state index contributed by atoms with van der Waals surface area (Å²) in [6.07, 6.45) is 4.22. The van der Waals surface area contributed by atoms with Crippen LogP contribution >= 0.6 is 0 Å². The molecule has 2 aliphatic rings. The summed E-state index contributed by atoms with van der Waals surface area (Å²) in [7, 11) is 0. The van der Waals surface area contributed by atoms with E-state index in [0.717, 1.165) is 37.6 Å². The fourth-order valence-corrected chi connectivity index (χ4v) is 2.09. The number of rotatable bonds is 7. The van der Waals surface area contributed by atoms with Gasteiger partial charge in [-0.05, 0) is 11.6 Å². The number of benzene rings is 2. The zero-order chi connectivity index (χ0) is 17.3. The number of allylic oxidation sites excluding steroid dienone is 1. The van der Waals surface area contributed by atoms with Crippen LogP contribution in [0, 0.1) is 0 Å². The Morgan fingerprint density at radius 2 is 1.44 bits per heavy atom. The van der Waals surface area contributed by atoms with Crippen molar-refractivity contribution < 1.29 is 19.0 Å². The average molecular weight is 338 g/mol. The number of ether oxygens (including phenoxy) is 3. The summed E-state index contributed by atoms with van der Waals surface area (Å²) >= 11 is 0. The minimum atomic E-state index is 0.0319. The first-order chi connectivity index (χ1) is 12.3. The third kappa shape index (κ3) is 7.01. The van der Waals surface area contributed by atoms with Gasteiger partial charge in [0, 0.05) is 5.56 Å². The smallest absolute Gasteiger partial charge is 0.185 e. The Morgan fingerprint density at radius 3 is 1.96 bits per heavy atom. The van der Waals surface area contributed by atoms with Crippen molar-refractivity contribution >= 4 is 11.9 Å². The topological polar surface area (TPSA) is 51.4 Å². The van der Waals surface area contributed by atoms with Gasteiger partial charge in [-0.15, -0.1) is 0 Å². The van der Waals surface area contributed by atoms with Crippen LogP contribution in [0.15, 0.2) is 66.7 Å². The molecule has 4 rings (SSSR count). The Balaban J connectivity index is 0.000000170. The van der Waals surface area contributed by atoms with E-state index in [9.17, 15) is 4.79 Å². The molecule has 2 saturated heterocycles. The number of carbonyl (C=O) groups excluding carboxylic acids is 1. The Labute approximate surface area is 148 Å². The lowest BCUT2D eigenvalue weighted by molar-refractivity contribution is 0.102. The molecule has 2 aromatic rings. The quantitative estimate of drug-likeness (QED) is 0.441. The maximum atomic E-state index is 11.7. The fourth-order valence-electron chi connectivity index (χ4n) is 2.09. The molecule has 0 aromatic heterocycles. The van der Waals surface area contributed by atoms with Crippen molar-refractivity contribution in [3.63, 3.8) is 0 Å². The molecule has 0 bridgehead atoms. The average Bonchev–Trinajstić information content (AvgIpc) is 3.58. The molecule has 2 atom stereocenters. The second kappa shape index (κ2) is 9.28. The van der Waals surface area contributed by atoms with E-state index < -0.39 is 0 Å². The predicted octanol–water partition coefficient (Wildman–Crippen LogP) is 3.38. The number of carbonyl (C=O) groups is 1. The van der Waals surface area contributed by atoms with Crippen LogP contribution in [0.5, 0.6) is 0 Å². The largest absolute Gasteiger partial charge is 0.376 e. The highest BCUT2D eigenvalue weighted by atomic mass is 16.6. The molecular formula is C21H22O4. The number of hydrogen-bond donors (Lipinski definition) is 0. The molecule has 4 nitrogen and oxygen atoms in total. The predicted molar refractivity (Wildman–Crippen MR) is 96.5 cm³/mol. The third-order valence-corrected chi connectivity index (χ3v) is 3.70. The molecule has 4 heteroatoms. The summed E-state index contributed by atoms with van der Waals surface area (Å²) in [5.41, 5.74) is 1.75. The maximum absolute atomic E-state index is 11.7. The number of epoxide rings is 2. The third-order valence-electron chi connectivity index (χ3n) is 3.70. The molecule has 2 heterocycles. The normalized spacial score (nSPS) is 20.6. The molecule has 130 valence electrons. The van der Waals surface area contributed by atoms with E-state index in [-0.39, 0.29) is 5.78 Å². The Kier molecular flexibility index (Phi) is 6.51. The van der Waals surface area contributed by atoms with Gasteiger partial charge in [0.1, 0.15) is 12.2 Å². The number of ketones is 1. The lowest BCUT2D eigenvalue weighted by Crippen LogP contribution is -2.06. The molecular weight excluding hydrogens is 316 g/mol. The standard InChI is InChI=1S/C15H12O.C6H10O3/c16-15(14-9-5-2-6-10-14)12-11-13-7-3-1-4-8-13;1(5-3-8-5)7-2-6-4-9-6/h1-12H;5-6H,1-4H2. The first kappa shape index (κ1) is 17.5. The molecule has 2 aromatic carbocycles. The fraction of sp³-hybridized carbons (Fsp3) is 0.286. The van der Waals surface area contributed by atoms with Gasteiger partial charge in [-0.3, -0.25) is 4.79 Å². The van der Waals surface area contributed by atoms with Gasteiger partial charge in [-0.1, -0.05) is 66.7 Å². The Bertz CT molecular complexity index is 662. The molecule has 0 amide bonds. The second-order valence-corrected chi connectivity index (χ2v) is 5.92. The Hall–Kier alpha value is -2.27. The van der Waals surface area contributed by atoms with Crippen LogP contribution in [0.2, 0.25) is 0 Å². The van der Waals surface area contributed by atoms with Crippen LogP contribution in [0.3, 0.4) is 0 Å². The summed E-state index contributed by atoms with van der Waals surface area (Å²) in [5.74, 6) is 0.0319. The van der Waals surface area contributed by atoms with Crippen molar-refractivity contribution in [1.29, 1.82) is 0 Å². The second-order valence-electron chi connectivity index (χ2n) is 5.92. The highest BCUT2D eigenvalue weighted by Crippen LogP contribution is 2.12. The van der Waals surface area contributed by atoms with Crippen molar-refractivity contribution in [1.82, 2.24) is 0 Å². The first-order valence-electron chi connectivity index (χ1n) is 8.45. The van der Waals surface area contributed by atoms with Gasteiger partial charge in [-0.25, -0.2) is 0 Å². The van der Waals surface area contributed by atoms with E-state index in [0.29, 0.717) is 12.2 Å². The molecule has 0 aliphatic carbocycles. The maximum Gasteiger partial charge on any atom is 0.185 e. The number of hydrogen-bond acceptors (Lipinski definition) is 4. The highest BCUT2D eigenvalue weighted by Gasteiger charge is 2.26. The lowest BCUT2D eigenvalue weighted by Gasteiger charge is -1.95. The van der Waals surface area contributed by atoms with Gasteiger partial charge in [0.25, 0.3) is 0 Å². The summed E-state index contributed by atoms with van der Waals surface area (Å²) in [6, 6.07) is 19.1. The van der Waals surface area contributed by atoms with Gasteiger partial charge in [0.15, 0.2) is 5.78 Å². The highest BCUT2D eigenvalue weighted by molar-refractivity contribution is 6.06.